The minimum absolute atomic E-state index is 0.303. The fourth-order valence-corrected chi connectivity index (χ4v) is 1.65. The summed E-state index contributed by atoms with van der Waals surface area (Å²) in [5, 5.41) is 2.92. The molecule has 0 bridgehead atoms. The molecule has 1 N–H and O–H groups in total. The standard InChI is InChI=1S/C9H6BrNO2/c10-4-5-1-2-6-7(3-5)9(13)11-8(6)12/h1-3H,4H2,(H,11,12,13). The molecular formula is C9H6BrNO2. The van der Waals surface area contributed by atoms with Crippen molar-refractivity contribution < 1.29 is 9.59 Å². The first kappa shape index (κ1) is 8.44. The maximum Gasteiger partial charge on any atom is 0.258 e. The third kappa shape index (κ3) is 1.27. The zero-order chi connectivity index (χ0) is 9.42. The first-order valence-corrected chi connectivity index (χ1v) is 4.89. The lowest BCUT2D eigenvalue weighted by molar-refractivity contribution is 0.0879. The number of carbonyl (C=O) groups is 2. The van der Waals surface area contributed by atoms with E-state index in [-0.39, 0.29) is 11.8 Å². The van der Waals surface area contributed by atoms with Gasteiger partial charge in [-0.3, -0.25) is 14.9 Å². The molecule has 0 unspecified atom stereocenters. The van der Waals surface area contributed by atoms with Gasteiger partial charge >= 0.3 is 0 Å². The molecular weight excluding hydrogens is 234 g/mol. The number of amides is 2. The van der Waals surface area contributed by atoms with E-state index >= 15 is 0 Å². The monoisotopic (exact) mass is 239 g/mol. The van der Waals surface area contributed by atoms with E-state index in [9.17, 15) is 9.59 Å². The Labute approximate surface area is 83.3 Å². The number of fused-ring (bicyclic) bond motifs is 1. The molecule has 1 aliphatic heterocycles. The quantitative estimate of drug-likeness (QED) is 0.596. The van der Waals surface area contributed by atoms with Crippen molar-refractivity contribution in [3.8, 4) is 0 Å². The van der Waals surface area contributed by atoms with Crippen LogP contribution in [-0.4, -0.2) is 11.8 Å². The van der Waals surface area contributed by atoms with Crippen LogP contribution < -0.4 is 5.32 Å². The molecule has 0 atom stereocenters. The molecule has 2 amide bonds. The second-order valence-electron chi connectivity index (χ2n) is 2.80. The van der Waals surface area contributed by atoms with Crippen molar-refractivity contribution in [1.29, 1.82) is 0 Å². The first-order chi connectivity index (χ1) is 6.22. The van der Waals surface area contributed by atoms with Crippen molar-refractivity contribution in [2.45, 2.75) is 5.33 Å². The molecule has 0 saturated carbocycles. The highest BCUT2D eigenvalue weighted by Gasteiger charge is 2.26. The maximum atomic E-state index is 11.2. The predicted molar refractivity (Wildman–Crippen MR) is 50.9 cm³/mol. The van der Waals surface area contributed by atoms with Gasteiger partial charge in [0.05, 0.1) is 11.1 Å². The molecule has 66 valence electrons. The van der Waals surface area contributed by atoms with Gasteiger partial charge in [-0.2, -0.15) is 0 Å². The van der Waals surface area contributed by atoms with Gasteiger partial charge in [-0.15, -0.1) is 0 Å². The normalized spacial score (nSPS) is 14.2. The third-order valence-corrected chi connectivity index (χ3v) is 2.60. The molecule has 1 aromatic carbocycles. The summed E-state index contributed by atoms with van der Waals surface area (Å²) in [5.74, 6) is -0.607. The van der Waals surface area contributed by atoms with Gasteiger partial charge in [0.15, 0.2) is 0 Å². The number of rotatable bonds is 1. The van der Waals surface area contributed by atoms with Crippen LogP contribution in [0.5, 0.6) is 0 Å². The molecule has 2 rings (SSSR count). The third-order valence-electron chi connectivity index (χ3n) is 1.95. The number of carbonyl (C=O) groups excluding carboxylic acids is 2. The number of hydrogen-bond acceptors (Lipinski definition) is 2. The zero-order valence-corrected chi connectivity index (χ0v) is 8.22. The van der Waals surface area contributed by atoms with E-state index < -0.39 is 0 Å². The van der Waals surface area contributed by atoms with Gasteiger partial charge in [0, 0.05) is 5.33 Å². The van der Waals surface area contributed by atoms with Crippen molar-refractivity contribution in [2.24, 2.45) is 0 Å². The number of nitrogens with one attached hydrogen (secondary N) is 1. The summed E-state index contributed by atoms with van der Waals surface area (Å²) in [4.78, 5) is 22.3. The van der Waals surface area contributed by atoms with Crippen LogP contribution in [0.25, 0.3) is 0 Å². The Morgan fingerprint density at radius 3 is 2.54 bits per heavy atom. The summed E-state index contributed by atoms with van der Waals surface area (Å²) in [7, 11) is 0. The van der Waals surface area contributed by atoms with Gasteiger partial charge < -0.3 is 0 Å². The zero-order valence-electron chi connectivity index (χ0n) is 6.63. The minimum Gasteiger partial charge on any atom is -0.288 e. The molecule has 1 aliphatic rings. The van der Waals surface area contributed by atoms with Crippen molar-refractivity contribution in [3.05, 3.63) is 34.9 Å². The van der Waals surface area contributed by atoms with Crippen LogP contribution in [0.1, 0.15) is 26.3 Å². The Bertz CT molecular complexity index is 401. The molecule has 0 saturated heterocycles. The Kier molecular flexibility index (Phi) is 1.92. The number of imide groups is 1. The lowest BCUT2D eigenvalue weighted by Gasteiger charge is -1.97. The Balaban J connectivity index is 2.58. The van der Waals surface area contributed by atoms with Gasteiger partial charge in [0.2, 0.25) is 0 Å². The van der Waals surface area contributed by atoms with E-state index in [0.29, 0.717) is 16.5 Å². The van der Waals surface area contributed by atoms with Gasteiger partial charge in [-0.25, -0.2) is 0 Å². The number of hydrogen-bond donors (Lipinski definition) is 1. The lowest BCUT2D eigenvalue weighted by atomic mass is 10.1. The molecule has 1 heterocycles. The largest absolute Gasteiger partial charge is 0.288 e. The van der Waals surface area contributed by atoms with E-state index in [1.165, 1.54) is 0 Å². The second-order valence-corrected chi connectivity index (χ2v) is 3.36. The van der Waals surface area contributed by atoms with E-state index in [1.807, 2.05) is 6.07 Å². The van der Waals surface area contributed by atoms with Crippen LogP contribution in [0, 0.1) is 0 Å². The summed E-state index contributed by atoms with van der Waals surface area (Å²) in [6, 6.07) is 5.22. The SMILES string of the molecule is O=C1NC(=O)c2cc(CBr)ccc21. The average molecular weight is 240 g/mol. The van der Waals surface area contributed by atoms with Crippen molar-refractivity contribution in [3.63, 3.8) is 0 Å². The first-order valence-electron chi connectivity index (χ1n) is 3.77. The fraction of sp³-hybridized carbons (Fsp3) is 0.111. The minimum atomic E-state index is -0.305. The average Bonchev–Trinajstić information content (AvgIpc) is 2.42. The number of halogens is 1. The Morgan fingerprint density at radius 1 is 1.15 bits per heavy atom. The fourth-order valence-electron chi connectivity index (χ4n) is 1.30. The Morgan fingerprint density at radius 2 is 1.85 bits per heavy atom. The molecule has 3 nitrogen and oxygen atoms in total. The molecule has 4 heteroatoms. The summed E-state index contributed by atoms with van der Waals surface area (Å²) in [6.07, 6.45) is 0. The molecule has 13 heavy (non-hydrogen) atoms. The predicted octanol–water partition coefficient (Wildman–Crippen LogP) is 1.47. The number of alkyl halides is 1. The van der Waals surface area contributed by atoms with Crippen LogP contribution in [0.15, 0.2) is 18.2 Å². The summed E-state index contributed by atoms with van der Waals surface area (Å²) < 4.78 is 0. The molecule has 0 fully saturated rings. The number of benzene rings is 1. The topological polar surface area (TPSA) is 46.2 Å². The summed E-state index contributed by atoms with van der Waals surface area (Å²) in [6.45, 7) is 0. The van der Waals surface area contributed by atoms with Crippen molar-refractivity contribution in [2.75, 3.05) is 0 Å². The van der Waals surface area contributed by atoms with Crippen molar-refractivity contribution in [1.82, 2.24) is 5.32 Å². The van der Waals surface area contributed by atoms with E-state index in [0.717, 1.165) is 5.56 Å². The highest BCUT2D eigenvalue weighted by molar-refractivity contribution is 9.08. The molecule has 0 aromatic heterocycles. The van der Waals surface area contributed by atoms with Gasteiger partial charge in [0.1, 0.15) is 0 Å². The smallest absolute Gasteiger partial charge is 0.258 e. The van der Waals surface area contributed by atoms with Crippen LogP contribution in [0.4, 0.5) is 0 Å². The highest BCUT2D eigenvalue weighted by atomic mass is 79.9. The molecule has 0 radical (unpaired) electrons. The van der Waals surface area contributed by atoms with Crippen LogP contribution in [-0.2, 0) is 5.33 Å². The van der Waals surface area contributed by atoms with Crippen LogP contribution >= 0.6 is 15.9 Å². The van der Waals surface area contributed by atoms with Crippen molar-refractivity contribution >= 4 is 27.7 Å². The van der Waals surface area contributed by atoms with Crippen LogP contribution in [0.2, 0.25) is 0 Å². The van der Waals surface area contributed by atoms with E-state index in [1.54, 1.807) is 12.1 Å². The van der Waals surface area contributed by atoms with Gasteiger partial charge in [-0.1, -0.05) is 22.0 Å². The molecule has 0 aliphatic carbocycles. The summed E-state index contributed by atoms with van der Waals surface area (Å²) in [5.41, 5.74) is 1.93. The van der Waals surface area contributed by atoms with Gasteiger partial charge in [-0.05, 0) is 17.7 Å². The maximum absolute atomic E-state index is 11.2. The highest BCUT2D eigenvalue weighted by Crippen LogP contribution is 2.18. The molecule has 0 spiro atoms. The van der Waals surface area contributed by atoms with Crippen LogP contribution in [0.3, 0.4) is 0 Å². The summed E-state index contributed by atoms with van der Waals surface area (Å²) >= 11 is 3.28. The molecule has 1 aromatic rings. The Hall–Kier alpha value is -1.16. The second kappa shape index (κ2) is 2.96. The van der Waals surface area contributed by atoms with E-state index in [4.69, 9.17) is 0 Å². The van der Waals surface area contributed by atoms with Gasteiger partial charge in [0.25, 0.3) is 11.8 Å². The van der Waals surface area contributed by atoms with E-state index in [2.05, 4.69) is 21.2 Å². The lowest BCUT2D eigenvalue weighted by Crippen LogP contribution is -2.19.